The van der Waals surface area contributed by atoms with Gasteiger partial charge in [0.15, 0.2) is 5.17 Å². The minimum Gasteiger partial charge on any atom is -0.497 e. The lowest BCUT2D eigenvalue weighted by Gasteiger charge is -2.17. The van der Waals surface area contributed by atoms with E-state index in [1.165, 1.54) is 17.3 Å². The molecule has 0 aliphatic carbocycles. The smallest absolute Gasteiger partial charge is 0.242 e. The Morgan fingerprint density at radius 1 is 1.17 bits per heavy atom. The molecule has 1 fully saturated rings. The highest BCUT2D eigenvalue weighted by molar-refractivity contribution is 8.15. The van der Waals surface area contributed by atoms with Crippen LogP contribution in [0.1, 0.15) is 42.9 Å². The molecule has 0 saturated carbocycles. The number of carbonyl (C=O) groups excluding carboxylic acids is 1. The number of carbonyl (C=O) groups is 1. The van der Waals surface area contributed by atoms with Crippen molar-refractivity contribution in [2.75, 3.05) is 7.11 Å². The fraction of sp³-hybridized carbons (Fsp3) is 0.348. The average molecular weight is 410 g/mol. The van der Waals surface area contributed by atoms with Crippen molar-refractivity contribution in [3.8, 4) is 5.75 Å². The van der Waals surface area contributed by atoms with Crippen molar-refractivity contribution in [1.29, 1.82) is 0 Å². The van der Waals surface area contributed by atoms with Crippen molar-refractivity contribution in [3.63, 3.8) is 0 Å². The normalized spacial score (nSPS) is 18.2. The van der Waals surface area contributed by atoms with Crippen LogP contribution in [-0.2, 0) is 11.3 Å². The summed E-state index contributed by atoms with van der Waals surface area (Å²) in [7, 11) is 1.64. The van der Waals surface area contributed by atoms with Gasteiger partial charge >= 0.3 is 0 Å². The standard InChI is InChI=1S/C23H27N3O2S/c1-4-5-10-21-22(27)26(16-19-9-7-6-8-17(19)2)23(29-21)25-24-15-18-11-13-20(28-3)14-12-18/h6-9,11-15,21H,4-5,10,16H2,1-3H3/b24-15-,25-23+/t21-/m1/s1. The van der Waals surface area contributed by atoms with Gasteiger partial charge in [-0.25, -0.2) is 0 Å². The van der Waals surface area contributed by atoms with Gasteiger partial charge in [-0.3, -0.25) is 9.69 Å². The molecule has 0 bridgehead atoms. The number of methoxy groups -OCH3 is 1. The molecular weight excluding hydrogens is 382 g/mol. The molecule has 0 radical (unpaired) electrons. The van der Waals surface area contributed by atoms with E-state index in [0.717, 1.165) is 36.1 Å². The SMILES string of the molecule is CCCC[C@H]1S/C(=N/N=C\c2ccc(OC)cc2)N(Cc2ccccc2C)C1=O. The van der Waals surface area contributed by atoms with E-state index in [2.05, 4.69) is 36.2 Å². The molecule has 0 unspecified atom stereocenters. The van der Waals surface area contributed by atoms with E-state index in [9.17, 15) is 4.79 Å². The Morgan fingerprint density at radius 2 is 1.93 bits per heavy atom. The van der Waals surface area contributed by atoms with Crippen LogP contribution in [0.15, 0.2) is 58.7 Å². The van der Waals surface area contributed by atoms with Crippen LogP contribution < -0.4 is 4.74 Å². The molecule has 0 N–H and O–H groups in total. The third kappa shape index (κ3) is 5.48. The predicted octanol–water partition coefficient (Wildman–Crippen LogP) is 5.03. The van der Waals surface area contributed by atoms with Crippen molar-refractivity contribution in [3.05, 3.63) is 65.2 Å². The highest BCUT2D eigenvalue weighted by Gasteiger charge is 2.37. The molecule has 29 heavy (non-hydrogen) atoms. The number of amidine groups is 1. The first-order chi connectivity index (χ1) is 14.1. The van der Waals surface area contributed by atoms with Crippen LogP contribution in [0.3, 0.4) is 0 Å². The number of unbranched alkanes of at least 4 members (excludes halogenated alkanes) is 1. The number of hydrogen-bond donors (Lipinski definition) is 0. The summed E-state index contributed by atoms with van der Waals surface area (Å²) in [5, 5.41) is 9.25. The molecule has 1 saturated heterocycles. The first-order valence-corrected chi connectivity index (χ1v) is 10.8. The summed E-state index contributed by atoms with van der Waals surface area (Å²) >= 11 is 1.53. The number of ether oxygens (including phenoxy) is 1. The number of aryl methyl sites for hydroxylation is 1. The summed E-state index contributed by atoms with van der Waals surface area (Å²) in [6, 6.07) is 15.7. The van der Waals surface area contributed by atoms with Gasteiger partial charge < -0.3 is 4.74 Å². The zero-order valence-corrected chi connectivity index (χ0v) is 18.0. The lowest BCUT2D eigenvalue weighted by Crippen LogP contribution is -2.31. The summed E-state index contributed by atoms with van der Waals surface area (Å²) in [5.41, 5.74) is 3.23. The second kappa shape index (κ2) is 10.3. The Hall–Kier alpha value is -2.60. The third-order valence-electron chi connectivity index (χ3n) is 4.90. The average Bonchev–Trinajstić information content (AvgIpc) is 3.03. The number of hydrogen-bond acceptors (Lipinski definition) is 5. The van der Waals surface area contributed by atoms with Crippen LogP contribution >= 0.6 is 11.8 Å². The maximum Gasteiger partial charge on any atom is 0.242 e. The van der Waals surface area contributed by atoms with Gasteiger partial charge in [0.2, 0.25) is 5.91 Å². The zero-order chi connectivity index (χ0) is 20.6. The first-order valence-electron chi connectivity index (χ1n) is 9.90. The molecule has 5 nitrogen and oxygen atoms in total. The molecule has 1 amide bonds. The van der Waals surface area contributed by atoms with Crippen LogP contribution in [0, 0.1) is 6.92 Å². The number of thioether (sulfide) groups is 1. The van der Waals surface area contributed by atoms with Gasteiger partial charge in [0.25, 0.3) is 0 Å². The van der Waals surface area contributed by atoms with E-state index in [1.54, 1.807) is 18.2 Å². The van der Waals surface area contributed by atoms with E-state index in [1.807, 2.05) is 36.4 Å². The predicted molar refractivity (Wildman–Crippen MR) is 121 cm³/mol. The molecule has 3 rings (SSSR count). The quantitative estimate of drug-likeness (QED) is 0.454. The minimum absolute atomic E-state index is 0.0751. The van der Waals surface area contributed by atoms with Crippen molar-refractivity contribution in [2.45, 2.75) is 44.9 Å². The van der Waals surface area contributed by atoms with Gasteiger partial charge in [0.1, 0.15) is 5.75 Å². The lowest BCUT2D eigenvalue weighted by atomic mass is 10.1. The van der Waals surface area contributed by atoms with E-state index in [4.69, 9.17) is 4.74 Å². The van der Waals surface area contributed by atoms with E-state index in [-0.39, 0.29) is 11.2 Å². The summed E-state index contributed by atoms with van der Waals surface area (Å²) < 4.78 is 5.17. The summed E-state index contributed by atoms with van der Waals surface area (Å²) in [6.45, 7) is 4.73. The molecule has 0 spiro atoms. The summed E-state index contributed by atoms with van der Waals surface area (Å²) in [4.78, 5) is 14.8. The third-order valence-corrected chi connectivity index (χ3v) is 6.13. The topological polar surface area (TPSA) is 54.3 Å². The fourth-order valence-electron chi connectivity index (χ4n) is 3.10. The minimum atomic E-state index is -0.0751. The van der Waals surface area contributed by atoms with E-state index < -0.39 is 0 Å². The van der Waals surface area contributed by atoms with Crippen LogP contribution in [0.25, 0.3) is 0 Å². The highest BCUT2D eigenvalue weighted by Crippen LogP contribution is 2.32. The molecule has 0 aromatic heterocycles. The second-order valence-corrected chi connectivity index (χ2v) is 8.17. The molecule has 1 aliphatic rings. The van der Waals surface area contributed by atoms with Gasteiger partial charge in [0, 0.05) is 0 Å². The van der Waals surface area contributed by atoms with Crippen LogP contribution in [0.2, 0.25) is 0 Å². The molecule has 1 atom stereocenters. The van der Waals surface area contributed by atoms with Crippen molar-refractivity contribution in [2.24, 2.45) is 10.2 Å². The summed E-state index contributed by atoms with van der Waals surface area (Å²) in [5.74, 6) is 0.929. The zero-order valence-electron chi connectivity index (χ0n) is 17.2. The number of rotatable bonds is 8. The molecule has 6 heteroatoms. The Labute approximate surface area is 176 Å². The monoisotopic (exact) mass is 409 g/mol. The second-order valence-electron chi connectivity index (χ2n) is 7.00. The largest absolute Gasteiger partial charge is 0.497 e. The molecule has 1 aliphatic heterocycles. The number of nitrogens with zero attached hydrogens (tertiary/aromatic N) is 3. The number of amides is 1. The van der Waals surface area contributed by atoms with Gasteiger partial charge in [-0.2, -0.15) is 5.10 Å². The van der Waals surface area contributed by atoms with Gasteiger partial charge in [-0.05, 0) is 54.3 Å². The lowest BCUT2D eigenvalue weighted by molar-refractivity contribution is -0.126. The van der Waals surface area contributed by atoms with Gasteiger partial charge in [-0.1, -0.05) is 55.8 Å². The highest BCUT2D eigenvalue weighted by atomic mass is 32.2. The van der Waals surface area contributed by atoms with Gasteiger partial charge in [-0.15, -0.1) is 5.10 Å². The summed E-state index contributed by atoms with van der Waals surface area (Å²) in [6.07, 6.45) is 4.67. The maximum absolute atomic E-state index is 13.0. The first kappa shape index (κ1) is 21.1. The van der Waals surface area contributed by atoms with Crippen molar-refractivity contribution < 1.29 is 9.53 Å². The van der Waals surface area contributed by atoms with Crippen molar-refractivity contribution in [1.82, 2.24) is 4.90 Å². The van der Waals surface area contributed by atoms with Gasteiger partial charge in [0.05, 0.1) is 25.1 Å². The van der Waals surface area contributed by atoms with Crippen LogP contribution in [0.5, 0.6) is 5.75 Å². The molecule has 152 valence electrons. The van der Waals surface area contributed by atoms with E-state index >= 15 is 0 Å². The fourth-order valence-corrected chi connectivity index (χ4v) is 4.24. The maximum atomic E-state index is 13.0. The Kier molecular flexibility index (Phi) is 7.47. The Bertz CT molecular complexity index is 893. The Balaban J connectivity index is 1.79. The molecule has 2 aromatic carbocycles. The van der Waals surface area contributed by atoms with Crippen LogP contribution in [0.4, 0.5) is 0 Å². The van der Waals surface area contributed by atoms with Crippen LogP contribution in [-0.4, -0.2) is 34.5 Å². The number of benzene rings is 2. The van der Waals surface area contributed by atoms with E-state index in [0.29, 0.717) is 11.7 Å². The van der Waals surface area contributed by atoms with Crippen molar-refractivity contribution >= 4 is 29.1 Å². The molecular formula is C23H27N3O2S. The molecule has 2 aromatic rings. The Morgan fingerprint density at radius 3 is 2.62 bits per heavy atom. The molecule has 1 heterocycles.